The number of hydrogen-bond donors (Lipinski definition) is 0. The van der Waals surface area contributed by atoms with E-state index in [1.807, 2.05) is 25.1 Å². The van der Waals surface area contributed by atoms with Gasteiger partial charge in [0.25, 0.3) is 0 Å². The predicted molar refractivity (Wildman–Crippen MR) is 105 cm³/mol. The molecule has 2 aliphatic rings. The molecule has 134 valence electrons. The number of halogens is 1. The molecule has 4 rings (SSSR count). The number of hydrazone groups is 1. The van der Waals surface area contributed by atoms with Crippen molar-refractivity contribution in [3.63, 3.8) is 0 Å². The molecule has 4 nitrogen and oxygen atoms in total. The van der Waals surface area contributed by atoms with Crippen molar-refractivity contribution in [3.05, 3.63) is 63.6 Å². The highest BCUT2D eigenvalue weighted by molar-refractivity contribution is 9.10. The maximum absolute atomic E-state index is 12.6. The number of rotatable bonds is 3. The van der Waals surface area contributed by atoms with Crippen molar-refractivity contribution in [2.24, 2.45) is 11.0 Å². The van der Waals surface area contributed by atoms with Gasteiger partial charge < -0.3 is 4.74 Å². The summed E-state index contributed by atoms with van der Waals surface area (Å²) in [4.78, 5) is 12.6. The van der Waals surface area contributed by atoms with Gasteiger partial charge in [0.1, 0.15) is 5.75 Å². The molecule has 5 heteroatoms. The largest absolute Gasteiger partial charge is 0.497 e. The Hall–Kier alpha value is -2.14. The first kappa shape index (κ1) is 17.3. The summed E-state index contributed by atoms with van der Waals surface area (Å²) in [5, 5.41) is 6.52. The molecule has 0 aromatic heterocycles. The lowest BCUT2D eigenvalue weighted by molar-refractivity contribution is -0.133. The van der Waals surface area contributed by atoms with E-state index in [1.54, 1.807) is 12.1 Å². The normalized spacial score (nSPS) is 21.0. The van der Waals surface area contributed by atoms with Gasteiger partial charge in [-0.2, -0.15) is 5.10 Å². The van der Waals surface area contributed by atoms with Gasteiger partial charge >= 0.3 is 0 Å². The number of nitrogens with zero attached hydrogens (tertiary/aromatic N) is 2. The van der Waals surface area contributed by atoms with Crippen molar-refractivity contribution >= 4 is 27.5 Å². The van der Waals surface area contributed by atoms with Gasteiger partial charge in [-0.15, -0.1) is 0 Å². The third-order valence-electron chi connectivity index (χ3n) is 5.29. The Morgan fingerprint density at radius 2 is 2.04 bits per heavy atom. The summed E-state index contributed by atoms with van der Waals surface area (Å²) >= 11 is 3.49. The molecule has 0 saturated heterocycles. The maximum atomic E-state index is 12.6. The fourth-order valence-electron chi connectivity index (χ4n) is 3.99. The van der Waals surface area contributed by atoms with E-state index in [-0.39, 0.29) is 17.9 Å². The van der Waals surface area contributed by atoms with E-state index in [0.717, 1.165) is 39.9 Å². The molecule has 0 fully saturated rings. The lowest BCUT2D eigenvalue weighted by Gasteiger charge is -2.29. The molecule has 0 bridgehead atoms. The Balaban J connectivity index is 1.78. The Morgan fingerprint density at radius 3 is 2.73 bits per heavy atom. The second-order valence-electron chi connectivity index (χ2n) is 6.74. The van der Waals surface area contributed by atoms with Gasteiger partial charge in [0.2, 0.25) is 5.91 Å². The smallest absolute Gasteiger partial charge is 0.242 e. The first-order chi connectivity index (χ1) is 12.6. The summed E-state index contributed by atoms with van der Waals surface area (Å²) in [6, 6.07) is 14.4. The van der Waals surface area contributed by atoms with Gasteiger partial charge in [0.15, 0.2) is 0 Å². The van der Waals surface area contributed by atoms with E-state index in [4.69, 9.17) is 9.84 Å². The van der Waals surface area contributed by atoms with E-state index >= 15 is 0 Å². The first-order valence-corrected chi connectivity index (χ1v) is 9.75. The molecule has 1 aliphatic carbocycles. The van der Waals surface area contributed by atoms with E-state index < -0.39 is 0 Å². The van der Waals surface area contributed by atoms with Crippen molar-refractivity contribution in [1.29, 1.82) is 0 Å². The number of fused-ring (bicyclic) bond motifs is 3. The number of carbonyl (C=O) groups excluding carboxylic acids is 1. The van der Waals surface area contributed by atoms with Crippen LogP contribution < -0.4 is 4.74 Å². The molecule has 2 atom stereocenters. The number of aryl methyl sites for hydroxylation is 1. The zero-order chi connectivity index (χ0) is 18.3. The number of carbonyl (C=O) groups is 1. The molecule has 0 radical (unpaired) electrons. The fourth-order valence-corrected chi connectivity index (χ4v) is 4.26. The van der Waals surface area contributed by atoms with Crippen LogP contribution in [-0.4, -0.2) is 23.7 Å². The molecule has 0 N–H and O–H groups in total. The molecular weight excluding hydrogens is 392 g/mol. The summed E-state index contributed by atoms with van der Waals surface area (Å²) in [6.07, 6.45) is 2.40. The van der Waals surface area contributed by atoms with Crippen LogP contribution in [0.4, 0.5) is 0 Å². The first-order valence-electron chi connectivity index (χ1n) is 8.95. The molecule has 26 heavy (non-hydrogen) atoms. The van der Waals surface area contributed by atoms with Gasteiger partial charge in [-0.1, -0.05) is 35.0 Å². The monoisotopic (exact) mass is 412 g/mol. The lowest BCUT2D eigenvalue weighted by Crippen LogP contribution is -2.31. The van der Waals surface area contributed by atoms with E-state index in [0.29, 0.717) is 6.42 Å². The molecule has 0 saturated carbocycles. The highest BCUT2D eigenvalue weighted by Gasteiger charge is 2.43. The highest BCUT2D eigenvalue weighted by Crippen LogP contribution is 2.44. The summed E-state index contributed by atoms with van der Waals surface area (Å²) in [5.74, 6) is 1.16. The number of amides is 1. The Morgan fingerprint density at radius 1 is 1.27 bits per heavy atom. The van der Waals surface area contributed by atoms with Crippen LogP contribution in [0.2, 0.25) is 0 Å². The van der Waals surface area contributed by atoms with Crippen LogP contribution in [0.1, 0.15) is 42.5 Å². The number of benzene rings is 2. The average molecular weight is 413 g/mol. The van der Waals surface area contributed by atoms with Crippen molar-refractivity contribution in [3.8, 4) is 5.75 Å². The minimum absolute atomic E-state index is 0.0270. The van der Waals surface area contributed by atoms with Crippen LogP contribution >= 0.6 is 15.9 Å². The van der Waals surface area contributed by atoms with E-state index in [2.05, 4.69) is 40.2 Å². The number of ether oxygens (including phenoxy) is 1. The zero-order valence-electron chi connectivity index (χ0n) is 14.9. The Labute approximate surface area is 162 Å². The van der Waals surface area contributed by atoms with Crippen LogP contribution in [-0.2, 0) is 11.2 Å². The van der Waals surface area contributed by atoms with E-state index in [9.17, 15) is 4.79 Å². The maximum Gasteiger partial charge on any atom is 0.242 e. The topological polar surface area (TPSA) is 41.9 Å². The van der Waals surface area contributed by atoms with Crippen LogP contribution in [0.5, 0.6) is 5.75 Å². The predicted octanol–water partition coefficient (Wildman–Crippen LogP) is 4.72. The average Bonchev–Trinajstić information content (AvgIpc) is 3.07. The van der Waals surface area contributed by atoms with Crippen molar-refractivity contribution < 1.29 is 9.53 Å². The summed E-state index contributed by atoms with van der Waals surface area (Å²) < 4.78 is 6.40. The molecular formula is C21H21BrN2O2. The molecule has 1 heterocycles. The van der Waals surface area contributed by atoms with Crippen LogP contribution in [0.3, 0.4) is 0 Å². The minimum atomic E-state index is -0.0270. The van der Waals surface area contributed by atoms with Crippen LogP contribution in [0.15, 0.2) is 52.0 Å². The Kier molecular flexibility index (Phi) is 4.57. The lowest BCUT2D eigenvalue weighted by atomic mass is 9.77. The van der Waals surface area contributed by atoms with Gasteiger partial charge in [-0.25, -0.2) is 5.01 Å². The number of methoxy groups -OCH3 is 1. The minimum Gasteiger partial charge on any atom is -0.497 e. The molecule has 0 unspecified atom stereocenters. The van der Waals surface area contributed by atoms with Crippen molar-refractivity contribution in [2.45, 2.75) is 32.2 Å². The van der Waals surface area contributed by atoms with Crippen molar-refractivity contribution in [2.75, 3.05) is 7.11 Å². The quantitative estimate of drug-likeness (QED) is 0.731. The van der Waals surface area contributed by atoms with Crippen LogP contribution in [0, 0.1) is 5.92 Å². The molecule has 1 amide bonds. The third-order valence-corrected chi connectivity index (χ3v) is 5.82. The second kappa shape index (κ2) is 6.88. The highest BCUT2D eigenvalue weighted by atomic mass is 79.9. The molecule has 0 spiro atoms. The summed E-state index contributed by atoms with van der Waals surface area (Å²) in [7, 11) is 1.69. The molecule has 2 aromatic rings. The standard InChI is InChI=1S/C21H21BrN2O2/c1-3-19(25)24-21(13-4-7-15(22)8-5-13)18-10-6-14-12-16(26-2)9-11-17(14)20(18)23-24/h4-5,7-9,11-12,18,21H,3,6,10H2,1-2H3/t18-,21+/m0/s1. The zero-order valence-corrected chi connectivity index (χ0v) is 16.5. The van der Waals surface area contributed by atoms with Gasteiger partial charge in [0.05, 0.1) is 18.9 Å². The second-order valence-corrected chi connectivity index (χ2v) is 7.66. The number of hydrogen-bond acceptors (Lipinski definition) is 3. The van der Waals surface area contributed by atoms with Gasteiger partial charge in [0, 0.05) is 22.4 Å². The summed E-state index contributed by atoms with van der Waals surface area (Å²) in [5.41, 5.74) is 4.56. The third kappa shape index (κ3) is 2.84. The van der Waals surface area contributed by atoms with Gasteiger partial charge in [-0.05, 0) is 54.3 Å². The molecule has 1 aliphatic heterocycles. The fraction of sp³-hybridized carbons (Fsp3) is 0.333. The summed E-state index contributed by atoms with van der Waals surface area (Å²) in [6.45, 7) is 1.89. The van der Waals surface area contributed by atoms with Crippen LogP contribution in [0.25, 0.3) is 0 Å². The van der Waals surface area contributed by atoms with Crippen molar-refractivity contribution in [1.82, 2.24) is 5.01 Å². The molecule has 2 aromatic carbocycles. The SMILES string of the molecule is CCC(=O)N1N=C2c3ccc(OC)cc3CC[C@@H]2[C@H]1c1ccc(Br)cc1. The van der Waals surface area contributed by atoms with Gasteiger partial charge in [-0.3, -0.25) is 4.79 Å². The Bertz CT molecular complexity index is 876. The van der Waals surface area contributed by atoms with E-state index in [1.165, 1.54) is 5.56 Å².